The van der Waals surface area contributed by atoms with Crippen LogP contribution in [0, 0.1) is 0 Å². The lowest BCUT2D eigenvalue weighted by molar-refractivity contribution is -0.140. The first-order chi connectivity index (χ1) is 23.2. The molecule has 0 saturated carbocycles. The van der Waals surface area contributed by atoms with Crippen LogP contribution in [0.15, 0.2) is 90.1 Å². The second kappa shape index (κ2) is 13.4. The van der Waals surface area contributed by atoms with E-state index in [1.54, 1.807) is 32.4 Å². The quantitative estimate of drug-likeness (QED) is 0.0257. The van der Waals surface area contributed by atoms with Crippen LogP contribution in [0.3, 0.4) is 0 Å². The summed E-state index contributed by atoms with van der Waals surface area (Å²) in [5.41, 5.74) is 4.20. The fraction of sp³-hybridized carbons (Fsp3) is 0.268. The summed E-state index contributed by atoms with van der Waals surface area (Å²) < 4.78 is 11.5. The van der Waals surface area contributed by atoms with Crippen molar-refractivity contribution in [3.8, 4) is 22.6 Å². The lowest BCUT2D eigenvalue weighted by Gasteiger charge is -2.28. The number of ether oxygens (including phenoxy) is 2. The standard InChI is InChI=1S/C41H39NO6/c1-6-7-8-13-22-41(3)34-17-12-11-15-30(34)31-21-19-27(24-35(31)41)38(45)36(42-48-25(2)43)37(44)26-18-20-29-28-14-9-10-16-32(28)39(46-4)40(47-5)33(29)23-26/h9-12,14-21,23-24H,6-8,13,22H2,1-5H3. The SMILES string of the molecule is CCCCCCC1(C)c2ccccc2-c2ccc(C(=O)C(=NOC(C)=O)C(=O)c3ccc4c(c3)c(OC)c(OC)c3ccccc34)cc21. The molecule has 0 spiro atoms. The summed E-state index contributed by atoms with van der Waals surface area (Å²) in [6, 6.07) is 26.8. The van der Waals surface area contributed by atoms with Gasteiger partial charge in [0.2, 0.25) is 11.6 Å². The smallest absolute Gasteiger partial charge is 0.332 e. The Labute approximate surface area is 280 Å². The Morgan fingerprint density at radius 3 is 1.98 bits per heavy atom. The molecule has 0 aliphatic heterocycles. The van der Waals surface area contributed by atoms with Gasteiger partial charge in [-0.05, 0) is 51.6 Å². The average Bonchev–Trinajstić information content (AvgIpc) is 3.36. The van der Waals surface area contributed by atoms with Gasteiger partial charge < -0.3 is 14.3 Å². The number of oxime groups is 1. The molecular weight excluding hydrogens is 602 g/mol. The van der Waals surface area contributed by atoms with Gasteiger partial charge in [-0.25, -0.2) is 4.79 Å². The lowest BCUT2D eigenvalue weighted by Crippen LogP contribution is -2.26. The maximum absolute atomic E-state index is 14.2. The number of hydrogen-bond acceptors (Lipinski definition) is 7. The Bertz CT molecular complexity index is 2110. The third-order valence-corrected chi connectivity index (χ3v) is 9.52. The number of unbranched alkanes of at least 4 members (excludes halogenated alkanes) is 3. The summed E-state index contributed by atoms with van der Waals surface area (Å²) in [5.74, 6) is -1.05. The van der Waals surface area contributed by atoms with Crippen molar-refractivity contribution >= 4 is 44.8 Å². The second-order valence-corrected chi connectivity index (χ2v) is 12.5. The molecule has 0 amide bonds. The van der Waals surface area contributed by atoms with E-state index in [2.05, 4.69) is 37.2 Å². The van der Waals surface area contributed by atoms with E-state index < -0.39 is 23.2 Å². The Hall–Kier alpha value is -5.30. The van der Waals surface area contributed by atoms with Gasteiger partial charge in [0.25, 0.3) is 0 Å². The Balaban J connectivity index is 1.43. The fourth-order valence-corrected chi connectivity index (χ4v) is 7.14. The van der Waals surface area contributed by atoms with E-state index in [9.17, 15) is 14.4 Å². The molecule has 0 radical (unpaired) electrons. The highest BCUT2D eigenvalue weighted by molar-refractivity contribution is 6.71. The van der Waals surface area contributed by atoms with E-state index in [-0.39, 0.29) is 11.0 Å². The van der Waals surface area contributed by atoms with Gasteiger partial charge in [0.05, 0.1) is 14.2 Å². The Kier molecular flexibility index (Phi) is 9.13. The van der Waals surface area contributed by atoms with Gasteiger partial charge >= 0.3 is 5.97 Å². The van der Waals surface area contributed by atoms with Crippen molar-refractivity contribution in [2.24, 2.45) is 5.16 Å². The maximum Gasteiger partial charge on any atom is 0.332 e. The van der Waals surface area contributed by atoms with Gasteiger partial charge in [-0.3, -0.25) is 9.59 Å². The minimum atomic E-state index is -0.742. The zero-order valence-corrected chi connectivity index (χ0v) is 28.0. The van der Waals surface area contributed by atoms with Crippen LogP contribution in [0.25, 0.3) is 32.7 Å². The molecule has 0 fully saturated rings. The molecule has 1 atom stereocenters. The van der Waals surface area contributed by atoms with E-state index in [1.807, 2.05) is 48.5 Å². The molecule has 5 aromatic carbocycles. The number of rotatable bonds is 12. The maximum atomic E-state index is 14.2. The third-order valence-electron chi connectivity index (χ3n) is 9.52. The summed E-state index contributed by atoms with van der Waals surface area (Å²) in [7, 11) is 3.11. The Morgan fingerprint density at radius 2 is 1.27 bits per heavy atom. The summed E-state index contributed by atoms with van der Waals surface area (Å²) in [4.78, 5) is 45.2. The van der Waals surface area contributed by atoms with Crippen molar-refractivity contribution in [1.82, 2.24) is 0 Å². The molecular formula is C41H39NO6. The number of hydrogen-bond donors (Lipinski definition) is 0. The zero-order valence-electron chi connectivity index (χ0n) is 28.0. The van der Waals surface area contributed by atoms with Crippen molar-refractivity contribution in [2.45, 2.75) is 58.3 Å². The van der Waals surface area contributed by atoms with Crippen molar-refractivity contribution in [3.63, 3.8) is 0 Å². The van der Waals surface area contributed by atoms with E-state index in [0.717, 1.165) is 58.5 Å². The van der Waals surface area contributed by atoms with Crippen molar-refractivity contribution in [2.75, 3.05) is 14.2 Å². The van der Waals surface area contributed by atoms with E-state index in [1.165, 1.54) is 18.9 Å². The Morgan fingerprint density at radius 1 is 0.667 bits per heavy atom. The fourth-order valence-electron chi connectivity index (χ4n) is 7.14. The number of benzene rings is 5. The van der Waals surface area contributed by atoms with E-state index in [0.29, 0.717) is 22.4 Å². The lowest BCUT2D eigenvalue weighted by atomic mass is 9.75. The number of carbonyl (C=O) groups is 3. The van der Waals surface area contributed by atoms with Crippen LogP contribution in [0.4, 0.5) is 0 Å². The van der Waals surface area contributed by atoms with Crippen LogP contribution in [-0.4, -0.2) is 37.5 Å². The molecule has 48 heavy (non-hydrogen) atoms. The summed E-state index contributed by atoms with van der Waals surface area (Å²) in [6.07, 6.45) is 5.44. The molecule has 0 bridgehead atoms. The average molecular weight is 642 g/mol. The number of ketones is 2. The van der Waals surface area contributed by atoms with Crippen LogP contribution in [-0.2, 0) is 15.0 Å². The summed E-state index contributed by atoms with van der Waals surface area (Å²) in [5, 5.41) is 7.10. The molecule has 5 aromatic rings. The molecule has 0 N–H and O–H groups in total. The number of nitrogens with zero attached hydrogens (tertiary/aromatic N) is 1. The first kappa shape index (κ1) is 32.6. The second-order valence-electron chi connectivity index (χ2n) is 12.5. The molecule has 1 aliphatic carbocycles. The van der Waals surface area contributed by atoms with Crippen LogP contribution >= 0.6 is 0 Å². The summed E-state index contributed by atoms with van der Waals surface area (Å²) >= 11 is 0. The molecule has 1 unspecified atom stereocenters. The minimum absolute atomic E-state index is 0.187. The highest BCUT2D eigenvalue weighted by Gasteiger charge is 2.39. The van der Waals surface area contributed by atoms with Crippen molar-refractivity contribution in [1.29, 1.82) is 0 Å². The predicted octanol–water partition coefficient (Wildman–Crippen LogP) is 9.25. The number of carbonyl (C=O) groups excluding carboxylic acids is 3. The van der Waals surface area contributed by atoms with Crippen LogP contribution in [0.1, 0.15) is 84.7 Å². The van der Waals surface area contributed by atoms with Gasteiger partial charge in [0, 0.05) is 34.2 Å². The van der Waals surface area contributed by atoms with E-state index in [4.69, 9.17) is 14.3 Å². The van der Waals surface area contributed by atoms with Gasteiger partial charge in [0.1, 0.15) is 0 Å². The molecule has 7 nitrogen and oxygen atoms in total. The highest BCUT2D eigenvalue weighted by Crippen LogP contribution is 2.51. The van der Waals surface area contributed by atoms with Gasteiger partial charge in [-0.2, -0.15) is 0 Å². The van der Waals surface area contributed by atoms with Crippen molar-refractivity contribution in [3.05, 3.63) is 107 Å². The molecule has 244 valence electrons. The monoisotopic (exact) mass is 641 g/mol. The van der Waals surface area contributed by atoms with Crippen molar-refractivity contribution < 1.29 is 28.7 Å². The molecule has 0 aromatic heterocycles. The van der Waals surface area contributed by atoms with Crippen LogP contribution in [0.5, 0.6) is 11.5 Å². The first-order valence-electron chi connectivity index (χ1n) is 16.4. The largest absolute Gasteiger partial charge is 0.492 e. The molecule has 6 rings (SSSR count). The van der Waals surface area contributed by atoms with Crippen LogP contribution in [0.2, 0.25) is 0 Å². The minimum Gasteiger partial charge on any atom is -0.492 e. The van der Waals surface area contributed by atoms with E-state index >= 15 is 0 Å². The molecule has 0 heterocycles. The van der Waals surface area contributed by atoms with Gasteiger partial charge in [-0.1, -0.05) is 117 Å². The predicted molar refractivity (Wildman–Crippen MR) is 190 cm³/mol. The summed E-state index contributed by atoms with van der Waals surface area (Å²) in [6.45, 7) is 5.60. The first-order valence-corrected chi connectivity index (χ1v) is 16.4. The number of Topliss-reactive ketones (excluding diaryl/α,β-unsaturated/α-hetero) is 2. The van der Waals surface area contributed by atoms with Gasteiger partial charge in [-0.15, -0.1) is 0 Å². The van der Waals surface area contributed by atoms with Gasteiger partial charge in [0.15, 0.2) is 17.2 Å². The number of methoxy groups -OCH3 is 2. The van der Waals surface area contributed by atoms with Crippen LogP contribution < -0.4 is 9.47 Å². The zero-order chi connectivity index (χ0) is 34.0. The third kappa shape index (κ3) is 5.63. The topological polar surface area (TPSA) is 91.3 Å². The molecule has 7 heteroatoms. The number of fused-ring (bicyclic) bond motifs is 6. The highest BCUT2D eigenvalue weighted by atomic mass is 16.7. The molecule has 0 saturated heterocycles. The normalized spacial score (nSPS) is 15.2. The molecule has 1 aliphatic rings.